The van der Waals surface area contributed by atoms with Crippen molar-refractivity contribution in [3.63, 3.8) is 0 Å². The Bertz CT molecular complexity index is 833. The quantitative estimate of drug-likeness (QED) is 0.775. The second-order valence-electron chi connectivity index (χ2n) is 4.39. The van der Waals surface area contributed by atoms with Crippen LogP contribution in [0.15, 0.2) is 57.9 Å². The van der Waals surface area contributed by atoms with E-state index in [-0.39, 0.29) is 11.2 Å². The molecule has 4 nitrogen and oxygen atoms in total. The van der Waals surface area contributed by atoms with Crippen LogP contribution in [-0.2, 0) is 0 Å². The summed E-state index contributed by atoms with van der Waals surface area (Å²) in [5.41, 5.74) is 1.37. The summed E-state index contributed by atoms with van der Waals surface area (Å²) in [6.07, 6.45) is 1.40. The van der Waals surface area contributed by atoms with Gasteiger partial charge in [-0.2, -0.15) is 0 Å². The molecule has 0 unspecified atom stereocenters. The van der Waals surface area contributed by atoms with E-state index in [1.165, 1.54) is 12.3 Å². The van der Waals surface area contributed by atoms with Gasteiger partial charge in [-0.15, -0.1) is 0 Å². The lowest BCUT2D eigenvalue weighted by atomic mass is 10.1. The van der Waals surface area contributed by atoms with Crippen LogP contribution in [0.5, 0.6) is 11.5 Å². The second kappa shape index (κ2) is 4.74. The number of hydrogen-bond donors (Lipinski definition) is 1. The normalized spacial score (nSPS) is 10.7. The highest BCUT2D eigenvalue weighted by atomic mass is 16.5. The lowest BCUT2D eigenvalue weighted by molar-refractivity contribution is 0.414. The van der Waals surface area contributed by atoms with Crippen molar-refractivity contribution in [1.82, 2.24) is 0 Å². The number of phenolic OH excluding ortho intramolecular Hbond substituents is 1. The number of hydrogen-bond acceptors (Lipinski definition) is 4. The molecule has 0 amide bonds. The van der Waals surface area contributed by atoms with Crippen LogP contribution >= 0.6 is 0 Å². The van der Waals surface area contributed by atoms with Gasteiger partial charge in [-0.1, -0.05) is 12.1 Å². The topological polar surface area (TPSA) is 59.7 Å². The zero-order valence-corrected chi connectivity index (χ0v) is 10.8. The van der Waals surface area contributed by atoms with Gasteiger partial charge >= 0.3 is 0 Å². The minimum atomic E-state index is -0.139. The smallest absolute Gasteiger partial charge is 0.200 e. The molecule has 2 aromatic carbocycles. The molecule has 0 aliphatic heterocycles. The van der Waals surface area contributed by atoms with Gasteiger partial charge < -0.3 is 14.3 Å². The Kier molecular flexibility index (Phi) is 2.91. The third-order valence-electron chi connectivity index (χ3n) is 3.14. The van der Waals surface area contributed by atoms with E-state index in [1.807, 2.05) is 0 Å². The van der Waals surface area contributed by atoms with Crippen molar-refractivity contribution < 1.29 is 14.3 Å². The van der Waals surface area contributed by atoms with Crippen LogP contribution in [0.25, 0.3) is 22.1 Å². The van der Waals surface area contributed by atoms with Crippen LogP contribution in [0.4, 0.5) is 0 Å². The van der Waals surface area contributed by atoms with Gasteiger partial charge in [0.1, 0.15) is 23.3 Å². The maximum Gasteiger partial charge on any atom is 0.200 e. The van der Waals surface area contributed by atoms with Gasteiger partial charge in [-0.3, -0.25) is 4.79 Å². The van der Waals surface area contributed by atoms with E-state index in [2.05, 4.69) is 0 Å². The zero-order valence-electron chi connectivity index (χ0n) is 10.8. The Morgan fingerprint density at radius 3 is 2.75 bits per heavy atom. The first-order chi connectivity index (χ1) is 9.69. The Morgan fingerprint density at radius 2 is 2.00 bits per heavy atom. The van der Waals surface area contributed by atoms with Crippen LogP contribution in [0.1, 0.15) is 0 Å². The first-order valence-corrected chi connectivity index (χ1v) is 6.08. The van der Waals surface area contributed by atoms with Crippen molar-refractivity contribution in [2.24, 2.45) is 0 Å². The molecule has 0 fully saturated rings. The Morgan fingerprint density at radius 1 is 1.15 bits per heavy atom. The molecule has 0 aliphatic rings. The molecule has 3 aromatic rings. The highest BCUT2D eigenvalue weighted by Crippen LogP contribution is 2.24. The Hall–Kier alpha value is -2.75. The fourth-order valence-corrected chi connectivity index (χ4v) is 2.11. The van der Waals surface area contributed by atoms with Crippen LogP contribution < -0.4 is 10.2 Å². The minimum Gasteiger partial charge on any atom is -0.508 e. The van der Waals surface area contributed by atoms with Gasteiger partial charge in [-0.05, 0) is 29.8 Å². The van der Waals surface area contributed by atoms with Crippen LogP contribution in [0.3, 0.4) is 0 Å². The fraction of sp³-hybridized carbons (Fsp3) is 0.0625. The summed E-state index contributed by atoms with van der Waals surface area (Å²) in [7, 11) is 1.56. The van der Waals surface area contributed by atoms with Gasteiger partial charge in [0.15, 0.2) is 5.43 Å². The van der Waals surface area contributed by atoms with Gasteiger partial charge in [0.05, 0.1) is 18.1 Å². The van der Waals surface area contributed by atoms with Crippen LogP contribution in [0, 0.1) is 0 Å². The van der Waals surface area contributed by atoms with Crippen LogP contribution in [-0.4, -0.2) is 12.2 Å². The average Bonchev–Trinajstić information content (AvgIpc) is 2.47. The van der Waals surface area contributed by atoms with Gasteiger partial charge in [0.2, 0.25) is 0 Å². The molecular weight excluding hydrogens is 256 g/mol. The highest BCUT2D eigenvalue weighted by Gasteiger charge is 2.10. The number of phenols is 1. The van der Waals surface area contributed by atoms with Crippen molar-refractivity contribution in [3.8, 4) is 22.6 Å². The molecule has 4 heteroatoms. The molecule has 1 heterocycles. The molecule has 0 saturated carbocycles. The lowest BCUT2D eigenvalue weighted by Gasteiger charge is -2.04. The van der Waals surface area contributed by atoms with Crippen molar-refractivity contribution in [2.45, 2.75) is 0 Å². The number of benzene rings is 2. The van der Waals surface area contributed by atoms with Gasteiger partial charge in [-0.25, -0.2) is 0 Å². The summed E-state index contributed by atoms with van der Waals surface area (Å²) in [5, 5.41) is 9.98. The first-order valence-electron chi connectivity index (χ1n) is 6.08. The standard InChI is InChI=1S/C16H12O4/c1-19-12-5-6-13-15(8-12)20-9-14(16(13)18)10-3-2-4-11(17)7-10/h2-9,17H,1H3. The van der Waals surface area contributed by atoms with Crippen molar-refractivity contribution in [1.29, 1.82) is 0 Å². The molecule has 0 spiro atoms. The Labute approximate surface area is 114 Å². The van der Waals surface area contributed by atoms with Gasteiger partial charge in [0, 0.05) is 6.07 Å². The third-order valence-corrected chi connectivity index (χ3v) is 3.14. The largest absolute Gasteiger partial charge is 0.508 e. The molecule has 0 atom stereocenters. The third kappa shape index (κ3) is 2.01. The average molecular weight is 268 g/mol. The summed E-state index contributed by atoms with van der Waals surface area (Å²) in [6, 6.07) is 11.6. The second-order valence-corrected chi connectivity index (χ2v) is 4.39. The zero-order chi connectivity index (χ0) is 14.1. The molecule has 100 valence electrons. The summed E-state index contributed by atoms with van der Waals surface area (Å²) in [4.78, 5) is 12.5. The summed E-state index contributed by atoms with van der Waals surface area (Å²) in [5.74, 6) is 0.738. The molecule has 1 N–H and O–H groups in total. The number of fused-ring (bicyclic) bond motifs is 1. The molecule has 0 bridgehead atoms. The molecule has 1 aromatic heterocycles. The van der Waals surface area contributed by atoms with Crippen molar-refractivity contribution >= 4 is 11.0 Å². The predicted octanol–water partition coefficient (Wildman–Crippen LogP) is 3.17. The molecule has 0 aliphatic carbocycles. The number of aromatic hydroxyl groups is 1. The van der Waals surface area contributed by atoms with Crippen molar-refractivity contribution in [3.05, 3.63) is 59.0 Å². The highest BCUT2D eigenvalue weighted by molar-refractivity contribution is 5.82. The number of rotatable bonds is 2. The van der Waals surface area contributed by atoms with E-state index in [9.17, 15) is 9.90 Å². The molecule has 0 saturated heterocycles. The first kappa shape index (κ1) is 12.3. The van der Waals surface area contributed by atoms with E-state index in [0.717, 1.165) is 0 Å². The molecule has 0 radical (unpaired) electrons. The van der Waals surface area contributed by atoms with E-state index in [1.54, 1.807) is 43.5 Å². The monoisotopic (exact) mass is 268 g/mol. The van der Waals surface area contributed by atoms with E-state index in [4.69, 9.17) is 9.15 Å². The maximum atomic E-state index is 12.5. The van der Waals surface area contributed by atoms with E-state index >= 15 is 0 Å². The van der Waals surface area contributed by atoms with Crippen molar-refractivity contribution in [2.75, 3.05) is 7.11 Å². The Balaban J connectivity index is 2.24. The predicted molar refractivity (Wildman–Crippen MR) is 76.1 cm³/mol. The maximum absolute atomic E-state index is 12.5. The van der Waals surface area contributed by atoms with Gasteiger partial charge in [0.25, 0.3) is 0 Å². The molecule has 3 rings (SSSR count). The number of methoxy groups -OCH3 is 1. The van der Waals surface area contributed by atoms with E-state index < -0.39 is 0 Å². The fourth-order valence-electron chi connectivity index (χ4n) is 2.11. The lowest BCUT2D eigenvalue weighted by Crippen LogP contribution is -2.04. The molecular formula is C16H12O4. The van der Waals surface area contributed by atoms with E-state index in [0.29, 0.717) is 27.8 Å². The summed E-state index contributed by atoms with van der Waals surface area (Å²) in [6.45, 7) is 0. The SMILES string of the molecule is COc1ccc2c(=O)c(-c3cccc(O)c3)coc2c1. The minimum absolute atomic E-state index is 0.108. The molecule has 20 heavy (non-hydrogen) atoms. The summed E-state index contributed by atoms with van der Waals surface area (Å²) < 4.78 is 10.6. The van der Waals surface area contributed by atoms with Crippen LogP contribution in [0.2, 0.25) is 0 Å². The number of ether oxygens (including phenoxy) is 1. The summed E-state index contributed by atoms with van der Waals surface area (Å²) >= 11 is 0.